The highest BCUT2D eigenvalue weighted by Crippen LogP contribution is 2.16. The molecule has 0 atom stereocenters. The van der Waals surface area contributed by atoms with Crippen LogP contribution in [0.15, 0.2) is 54.6 Å². The maximum Gasteiger partial charge on any atom is 0.255 e. The number of hydrogen-bond donors (Lipinski definition) is 1. The molecule has 0 bridgehead atoms. The fourth-order valence-corrected chi connectivity index (χ4v) is 2.57. The van der Waals surface area contributed by atoms with E-state index in [0.29, 0.717) is 30.9 Å². The maximum atomic E-state index is 12.3. The van der Waals surface area contributed by atoms with Crippen LogP contribution in [0, 0.1) is 0 Å². The second kappa shape index (κ2) is 9.47. The Hall–Kier alpha value is -2.82. The van der Waals surface area contributed by atoms with Gasteiger partial charge in [0, 0.05) is 26.6 Å². The number of rotatable bonds is 8. The predicted octanol–water partition coefficient (Wildman–Crippen LogP) is 2.52. The third kappa shape index (κ3) is 5.64. The molecule has 5 heteroatoms. The summed E-state index contributed by atoms with van der Waals surface area (Å²) in [6.45, 7) is 3.05. The molecule has 2 rings (SSSR count). The monoisotopic (exact) mass is 340 g/mol. The molecule has 0 heterocycles. The zero-order chi connectivity index (χ0) is 18.1. The Balaban J connectivity index is 1.84. The summed E-state index contributed by atoms with van der Waals surface area (Å²) in [5.41, 5.74) is 1.68. The first kappa shape index (κ1) is 18.5. The molecule has 132 valence electrons. The first-order valence-electron chi connectivity index (χ1n) is 8.32. The number of amides is 2. The van der Waals surface area contributed by atoms with Crippen molar-refractivity contribution < 1.29 is 14.3 Å². The quantitative estimate of drug-likeness (QED) is 0.803. The van der Waals surface area contributed by atoms with E-state index >= 15 is 0 Å². The standard InChI is InChI=1S/C20H24N2O3/c1-16(23)22(14-12-17-8-4-3-5-9-17)15-13-21-20(24)18-10-6-7-11-19(18)25-2/h3-11H,12-15H2,1-2H3,(H,21,24). The van der Waals surface area contributed by atoms with E-state index in [9.17, 15) is 9.59 Å². The Morgan fingerprint density at radius 1 is 1.00 bits per heavy atom. The van der Waals surface area contributed by atoms with Gasteiger partial charge in [0.15, 0.2) is 0 Å². The lowest BCUT2D eigenvalue weighted by Crippen LogP contribution is -2.38. The summed E-state index contributed by atoms with van der Waals surface area (Å²) in [4.78, 5) is 25.8. The predicted molar refractivity (Wildman–Crippen MR) is 97.7 cm³/mol. The van der Waals surface area contributed by atoms with Crippen molar-refractivity contribution in [3.05, 3.63) is 65.7 Å². The number of ether oxygens (including phenoxy) is 1. The van der Waals surface area contributed by atoms with Crippen molar-refractivity contribution in [2.45, 2.75) is 13.3 Å². The minimum atomic E-state index is -0.205. The lowest BCUT2D eigenvalue weighted by Gasteiger charge is -2.21. The minimum Gasteiger partial charge on any atom is -0.496 e. The van der Waals surface area contributed by atoms with Crippen LogP contribution >= 0.6 is 0 Å². The summed E-state index contributed by atoms with van der Waals surface area (Å²) >= 11 is 0. The molecule has 0 saturated heterocycles. The number of benzene rings is 2. The van der Waals surface area contributed by atoms with Crippen LogP contribution in [0.5, 0.6) is 5.75 Å². The van der Waals surface area contributed by atoms with Crippen LogP contribution in [0.4, 0.5) is 0 Å². The molecule has 5 nitrogen and oxygen atoms in total. The molecular weight excluding hydrogens is 316 g/mol. The fraction of sp³-hybridized carbons (Fsp3) is 0.300. The van der Waals surface area contributed by atoms with Crippen LogP contribution in [0.1, 0.15) is 22.8 Å². The fourth-order valence-electron chi connectivity index (χ4n) is 2.57. The van der Waals surface area contributed by atoms with Gasteiger partial charge in [0.25, 0.3) is 5.91 Å². The summed E-state index contributed by atoms with van der Waals surface area (Å²) < 4.78 is 5.19. The molecule has 0 aliphatic rings. The van der Waals surface area contributed by atoms with Crippen LogP contribution in [0.2, 0.25) is 0 Å². The molecule has 0 spiro atoms. The Labute approximate surface area is 148 Å². The molecule has 2 aromatic carbocycles. The van der Waals surface area contributed by atoms with E-state index in [0.717, 1.165) is 6.42 Å². The normalized spacial score (nSPS) is 10.2. The van der Waals surface area contributed by atoms with Gasteiger partial charge >= 0.3 is 0 Å². The average molecular weight is 340 g/mol. The van der Waals surface area contributed by atoms with E-state index in [1.165, 1.54) is 12.7 Å². The highest BCUT2D eigenvalue weighted by Gasteiger charge is 2.13. The molecule has 0 radical (unpaired) electrons. The summed E-state index contributed by atoms with van der Waals surface area (Å²) in [6, 6.07) is 17.1. The van der Waals surface area contributed by atoms with Gasteiger partial charge in [0.1, 0.15) is 5.75 Å². The van der Waals surface area contributed by atoms with Crippen molar-refractivity contribution in [3.63, 3.8) is 0 Å². The highest BCUT2D eigenvalue weighted by atomic mass is 16.5. The van der Waals surface area contributed by atoms with Gasteiger partial charge in [-0.3, -0.25) is 9.59 Å². The van der Waals surface area contributed by atoms with Crippen LogP contribution in [0.25, 0.3) is 0 Å². The molecule has 0 aliphatic carbocycles. The Morgan fingerprint density at radius 3 is 2.36 bits per heavy atom. The van der Waals surface area contributed by atoms with Gasteiger partial charge in [0.2, 0.25) is 5.91 Å². The molecule has 0 saturated carbocycles. The topological polar surface area (TPSA) is 58.6 Å². The molecule has 0 fully saturated rings. The summed E-state index contributed by atoms with van der Waals surface area (Å²) in [6.07, 6.45) is 0.793. The van der Waals surface area contributed by atoms with E-state index in [2.05, 4.69) is 5.32 Å². The van der Waals surface area contributed by atoms with Gasteiger partial charge < -0.3 is 15.0 Å². The molecule has 1 N–H and O–H groups in total. The first-order valence-corrected chi connectivity index (χ1v) is 8.32. The third-order valence-electron chi connectivity index (χ3n) is 3.98. The lowest BCUT2D eigenvalue weighted by molar-refractivity contribution is -0.128. The van der Waals surface area contributed by atoms with E-state index < -0.39 is 0 Å². The number of nitrogens with zero attached hydrogens (tertiary/aromatic N) is 1. The molecule has 25 heavy (non-hydrogen) atoms. The van der Waals surface area contributed by atoms with Gasteiger partial charge in [-0.05, 0) is 24.1 Å². The second-order valence-electron chi connectivity index (χ2n) is 5.70. The van der Waals surface area contributed by atoms with Crippen LogP contribution in [0.3, 0.4) is 0 Å². The maximum absolute atomic E-state index is 12.3. The zero-order valence-corrected chi connectivity index (χ0v) is 14.7. The smallest absolute Gasteiger partial charge is 0.255 e. The van der Waals surface area contributed by atoms with Crippen molar-refractivity contribution in [1.29, 1.82) is 0 Å². The third-order valence-corrected chi connectivity index (χ3v) is 3.98. The summed E-state index contributed by atoms with van der Waals surface area (Å²) in [5, 5.41) is 2.84. The van der Waals surface area contributed by atoms with E-state index in [-0.39, 0.29) is 11.8 Å². The van der Waals surface area contributed by atoms with Crippen molar-refractivity contribution in [1.82, 2.24) is 10.2 Å². The van der Waals surface area contributed by atoms with Gasteiger partial charge in [-0.1, -0.05) is 42.5 Å². The first-order chi connectivity index (χ1) is 12.1. The van der Waals surface area contributed by atoms with Crippen molar-refractivity contribution in [2.75, 3.05) is 26.7 Å². The molecular formula is C20H24N2O3. The Kier molecular flexibility index (Phi) is 7.01. The summed E-state index contributed by atoms with van der Waals surface area (Å²) in [5.74, 6) is 0.332. The van der Waals surface area contributed by atoms with Crippen molar-refractivity contribution >= 4 is 11.8 Å². The van der Waals surface area contributed by atoms with Gasteiger partial charge in [-0.2, -0.15) is 0 Å². The van der Waals surface area contributed by atoms with Crippen molar-refractivity contribution in [2.24, 2.45) is 0 Å². The Bertz CT molecular complexity index is 701. The molecule has 0 aromatic heterocycles. The number of carbonyl (C=O) groups is 2. The summed E-state index contributed by atoms with van der Waals surface area (Å²) in [7, 11) is 1.53. The van der Waals surface area contributed by atoms with Crippen LogP contribution in [-0.2, 0) is 11.2 Å². The van der Waals surface area contributed by atoms with Gasteiger partial charge in [0.05, 0.1) is 12.7 Å². The minimum absolute atomic E-state index is 0.00229. The van der Waals surface area contributed by atoms with E-state index in [4.69, 9.17) is 4.74 Å². The number of methoxy groups -OCH3 is 1. The van der Waals surface area contributed by atoms with Crippen molar-refractivity contribution in [3.8, 4) is 5.75 Å². The largest absolute Gasteiger partial charge is 0.496 e. The van der Waals surface area contributed by atoms with Crippen LogP contribution < -0.4 is 10.1 Å². The van der Waals surface area contributed by atoms with E-state index in [1.807, 2.05) is 36.4 Å². The number of para-hydroxylation sites is 1. The SMILES string of the molecule is COc1ccccc1C(=O)NCCN(CCc1ccccc1)C(C)=O. The average Bonchev–Trinajstić information content (AvgIpc) is 2.64. The number of hydrogen-bond acceptors (Lipinski definition) is 3. The lowest BCUT2D eigenvalue weighted by atomic mass is 10.1. The Morgan fingerprint density at radius 2 is 1.68 bits per heavy atom. The zero-order valence-electron chi connectivity index (χ0n) is 14.7. The molecule has 2 amide bonds. The molecule has 0 unspecified atom stereocenters. The highest BCUT2D eigenvalue weighted by molar-refractivity contribution is 5.96. The van der Waals surface area contributed by atoms with Gasteiger partial charge in [-0.15, -0.1) is 0 Å². The number of nitrogens with one attached hydrogen (secondary N) is 1. The second-order valence-corrected chi connectivity index (χ2v) is 5.70. The molecule has 2 aromatic rings. The number of carbonyl (C=O) groups excluding carboxylic acids is 2. The van der Waals surface area contributed by atoms with E-state index in [1.54, 1.807) is 30.0 Å². The van der Waals surface area contributed by atoms with Gasteiger partial charge in [-0.25, -0.2) is 0 Å². The van der Waals surface area contributed by atoms with Crippen LogP contribution in [-0.4, -0.2) is 43.5 Å². The molecule has 0 aliphatic heterocycles.